The molecule has 45 heavy (non-hydrogen) atoms. The molecule has 0 amide bonds. The lowest BCUT2D eigenvalue weighted by atomic mass is 9.84. The van der Waals surface area contributed by atoms with Gasteiger partial charge < -0.3 is 4.42 Å². The Labute approximate surface area is 275 Å². The lowest BCUT2D eigenvalue weighted by Gasteiger charge is -2.19. The quantitative estimate of drug-likeness (QED) is 0.188. The maximum Gasteiger partial charge on any atom is 0.143 e. The lowest BCUT2D eigenvalue weighted by molar-refractivity contribution is 0.670. The first-order valence-corrected chi connectivity index (χ1v) is 14.6. The third kappa shape index (κ3) is 4.09. The van der Waals surface area contributed by atoms with E-state index in [1.54, 1.807) is 18.2 Å². The molecule has 0 radical (unpaired) electrons. The standard InChI is InChI=1S/C44H28O/c1-3-13-29(14-4-1)30-23-25-32(26-24-30)41-34-17-7-9-19-36(34)42(37-20-10-8-18-35(37)41)39-28-27-33(31-15-5-2-6-16-31)44-43(39)38-21-11-12-22-40(38)45-44/h1-28H/i1D,2D,3D,4D,5D,6D,13D,14D,15D,16D. The molecule has 0 aliphatic carbocycles. The molecule has 8 aromatic carbocycles. The van der Waals surface area contributed by atoms with Crippen LogP contribution in [-0.2, 0) is 0 Å². The van der Waals surface area contributed by atoms with E-state index in [9.17, 15) is 0 Å². The van der Waals surface area contributed by atoms with E-state index in [1.165, 1.54) is 0 Å². The summed E-state index contributed by atoms with van der Waals surface area (Å²) in [4.78, 5) is 0. The van der Waals surface area contributed by atoms with Crippen molar-refractivity contribution in [1.29, 1.82) is 0 Å². The summed E-state index contributed by atoms with van der Waals surface area (Å²) in [5.41, 5.74) is 5.78. The highest BCUT2D eigenvalue weighted by Gasteiger charge is 2.22. The van der Waals surface area contributed by atoms with Gasteiger partial charge in [-0.3, -0.25) is 0 Å². The second-order valence-corrected chi connectivity index (χ2v) is 10.9. The van der Waals surface area contributed by atoms with Crippen molar-refractivity contribution in [3.05, 3.63) is 170 Å². The number of furan rings is 1. The van der Waals surface area contributed by atoms with E-state index in [2.05, 4.69) is 24.3 Å². The molecular formula is C44H28O. The van der Waals surface area contributed by atoms with Crippen LogP contribution in [0.1, 0.15) is 13.7 Å². The molecule has 9 aromatic rings. The Morgan fingerprint density at radius 1 is 0.378 bits per heavy atom. The monoisotopic (exact) mass is 582 g/mol. The van der Waals surface area contributed by atoms with E-state index in [4.69, 9.17) is 18.1 Å². The van der Waals surface area contributed by atoms with Gasteiger partial charge in [0.25, 0.3) is 0 Å². The van der Waals surface area contributed by atoms with Gasteiger partial charge in [0.15, 0.2) is 0 Å². The van der Waals surface area contributed by atoms with Gasteiger partial charge in [-0.15, -0.1) is 0 Å². The molecule has 1 nitrogen and oxygen atoms in total. The number of para-hydroxylation sites is 1. The maximum absolute atomic E-state index is 8.77. The summed E-state index contributed by atoms with van der Waals surface area (Å²) >= 11 is 0. The lowest BCUT2D eigenvalue weighted by Crippen LogP contribution is -1.92. The number of rotatable bonds is 4. The maximum atomic E-state index is 8.77. The third-order valence-corrected chi connectivity index (χ3v) is 8.46. The van der Waals surface area contributed by atoms with Crippen LogP contribution in [0, 0.1) is 0 Å². The van der Waals surface area contributed by atoms with Crippen molar-refractivity contribution in [3.63, 3.8) is 0 Å². The van der Waals surface area contributed by atoms with Crippen molar-refractivity contribution in [2.45, 2.75) is 0 Å². The Hall–Kier alpha value is -5.92. The molecule has 0 bridgehead atoms. The molecule has 0 N–H and O–H groups in total. The highest BCUT2D eigenvalue weighted by molar-refractivity contribution is 6.26. The Morgan fingerprint density at radius 2 is 0.867 bits per heavy atom. The van der Waals surface area contributed by atoms with Crippen molar-refractivity contribution in [1.82, 2.24) is 0 Å². The summed E-state index contributed by atoms with van der Waals surface area (Å²) in [6.45, 7) is 0. The average Bonchev–Trinajstić information content (AvgIpc) is 3.61. The predicted octanol–water partition coefficient (Wildman–Crippen LogP) is 12.6. The highest BCUT2D eigenvalue weighted by atomic mass is 16.3. The molecule has 0 fully saturated rings. The molecule has 0 saturated carbocycles. The fourth-order valence-corrected chi connectivity index (χ4v) is 6.55. The van der Waals surface area contributed by atoms with E-state index in [1.807, 2.05) is 66.7 Å². The van der Waals surface area contributed by atoms with Crippen LogP contribution in [0.3, 0.4) is 0 Å². The van der Waals surface area contributed by atoms with Gasteiger partial charge in [0.05, 0.1) is 13.7 Å². The van der Waals surface area contributed by atoms with Crippen LogP contribution in [0.2, 0.25) is 0 Å². The summed E-state index contributed by atoms with van der Waals surface area (Å²) in [5, 5.41) is 5.40. The zero-order valence-corrected chi connectivity index (χ0v) is 23.8. The fourth-order valence-electron chi connectivity index (χ4n) is 6.55. The molecule has 1 heterocycles. The van der Waals surface area contributed by atoms with Gasteiger partial charge in [0.2, 0.25) is 0 Å². The van der Waals surface area contributed by atoms with Gasteiger partial charge in [-0.05, 0) is 72.6 Å². The van der Waals surface area contributed by atoms with Crippen LogP contribution < -0.4 is 0 Å². The molecule has 210 valence electrons. The fraction of sp³-hybridized carbons (Fsp3) is 0. The minimum absolute atomic E-state index is 0.0683. The smallest absolute Gasteiger partial charge is 0.143 e. The number of hydrogen-bond acceptors (Lipinski definition) is 1. The first-order valence-electron chi connectivity index (χ1n) is 19.6. The van der Waals surface area contributed by atoms with Crippen LogP contribution in [0.25, 0.3) is 88.0 Å². The van der Waals surface area contributed by atoms with E-state index in [0.29, 0.717) is 22.3 Å². The first kappa shape index (κ1) is 17.4. The van der Waals surface area contributed by atoms with E-state index < -0.39 is 24.2 Å². The van der Waals surface area contributed by atoms with Gasteiger partial charge in [0.1, 0.15) is 11.2 Å². The molecule has 0 spiro atoms. The van der Waals surface area contributed by atoms with Crippen molar-refractivity contribution in [2.75, 3.05) is 0 Å². The van der Waals surface area contributed by atoms with Crippen molar-refractivity contribution < 1.29 is 18.1 Å². The molecule has 0 aliphatic heterocycles. The summed E-state index contributed by atoms with van der Waals surface area (Å²) in [7, 11) is 0. The summed E-state index contributed by atoms with van der Waals surface area (Å²) in [6, 6.07) is 31.3. The molecule has 0 aliphatic rings. The largest absolute Gasteiger partial charge is 0.455 e. The van der Waals surface area contributed by atoms with Gasteiger partial charge in [-0.25, -0.2) is 0 Å². The Morgan fingerprint density at radius 3 is 1.49 bits per heavy atom. The van der Waals surface area contributed by atoms with Crippen molar-refractivity contribution in [3.8, 4) is 44.5 Å². The zero-order chi connectivity index (χ0) is 38.4. The van der Waals surface area contributed by atoms with Crippen LogP contribution in [0.4, 0.5) is 0 Å². The Balaban J connectivity index is 1.33. The van der Waals surface area contributed by atoms with Gasteiger partial charge in [-0.1, -0.05) is 157 Å². The SMILES string of the molecule is [2H]c1c([2H])c([2H])c(-c2ccc(-c3c4ccccc4c(-c4ccc(-c5c([2H])c([2H])c([2H])c([2H])c5[2H])c5oc6ccccc6c45)c4ccccc34)cc2)c([2H])c1[2H]. The van der Waals surface area contributed by atoms with Crippen molar-refractivity contribution >= 4 is 43.5 Å². The van der Waals surface area contributed by atoms with Gasteiger partial charge >= 0.3 is 0 Å². The molecule has 0 unspecified atom stereocenters. The molecule has 0 saturated heterocycles. The first-order chi connectivity index (χ1) is 26.5. The molecule has 1 aromatic heterocycles. The zero-order valence-electron chi connectivity index (χ0n) is 33.8. The topological polar surface area (TPSA) is 13.1 Å². The molecule has 0 atom stereocenters. The predicted molar refractivity (Wildman–Crippen MR) is 190 cm³/mol. The van der Waals surface area contributed by atoms with E-state index >= 15 is 0 Å². The van der Waals surface area contributed by atoms with Crippen LogP contribution in [0.15, 0.2) is 174 Å². The van der Waals surface area contributed by atoms with Gasteiger partial charge in [0, 0.05) is 16.3 Å². The van der Waals surface area contributed by atoms with Crippen LogP contribution in [0.5, 0.6) is 0 Å². The van der Waals surface area contributed by atoms with Crippen LogP contribution >= 0.6 is 0 Å². The number of benzene rings is 8. The summed E-state index contributed by atoms with van der Waals surface area (Å²) in [6.07, 6.45) is 0. The number of hydrogen-bond donors (Lipinski definition) is 0. The summed E-state index contributed by atoms with van der Waals surface area (Å²) in [5.74, 6) is 0. The third-order valence-electron chi connectivity index (χ3n) is 8.46. The molecular weight excluding hydrogens is 544 g/mol. The highest BCUT2D eigenvalue weighted by Crippen LogP contribution is 2.48. The number of fused-ring (bicyclic) bond motifs is 5. The molecule has 1 heteroatoms. The van der Waals surface area contributed by atoms with Crippen molar-refractivity contribution in [2.24, 2.45) is 0 Å². The Kier molecular flexibility index (Phi) is 4.01. The average molecular weight is 583 g/mol. The minimum Gasteiger partial charge on any atom is -0.455 e. The normalized spacial score (nSPS) is 14.7. The van der Waals surface area contributed by atoms with E-state index in [-0.39, 0.29) is 47.4 Å². The van der Waals surface area contributed by atoms with Crippen LogP contribution in [-0.4, -0.2) is 0 Å². The minimum atomic E-state index is -0.460. The second-order valence-electron chi connectivity index (χ2n) is 10.9. The second kappa shape index (κ2) is 10.4. The van der Waals surface area contributed by atoms with Gasteiger partial charge in [-0.2, -0.15) is 0 Å². The molecule has 9 rings (SSSR count). The summed E-state index contributed by atoms with van der Waals surface area (Å²) < 4.78 is 90.3. The Bertz CT molecular complexity index is 2980. The van der Waals surface area contributed by atoms with E-state index in [0.717, 1.165) is 54.6 Å².